The second-order valence-corrected chi connectivity index (χ2v) is 7.98. The predicted octanol–water partition coefficient (Wildman–Crippen LogP) is 2.76. The minimum atomic E-state index is -4.61. The van der Waals surface area contributed by atoms with E-state index >= 15 is 0 Å². The molecule has 1 aromatic carbocycles. The molecule has 0 fully saturated rings. The summed E-state index contributed by atoms with van der Waals surface area (Å²) >= 11 is 0. The van der Waals surface area contributed by atoms with E-state index in [1.54, 1.807) is 24.8 Å². The highest BCUT2D eigenvalue weighted by atomic mass is 32.2. The Morgan fingerprint density at radius 1 is 1.39 bits per heavy atom. The van der Waals surface area contributed by atoms with E-state index in [0.717, 1.165) is 6.07 Å². The highest BCUT2D eigenvalue weighted by Crippen LogP contribution is 2.42. The molecule has 0 bridgehead atoms. The third kappa shape index (κ3) is 3.44. The lowest BCUT2D eigenvalue weighted by Crippen LogP contribution is -2.37. The molecule has 1 aliphatic heterocycles. The van der Waals surface area contributed by atoms with Crippen LogP contribution in [0.5, 0.6) is 0 Å². The van der Waals surface area contributed by atoms with Crippen LogP contribution in [0, 0.1) is 11.3 Å². The minimum absolute atomic E-state index is 0.000785. The van der Waals surface area contributed by atoms with Crippen molar-refractivity contribution < 1.29 is 21.6 Å². The Morgan fingerprint density at radius 3 is 2.57 bits per heavy atom. The van der Waals surface area contributed by atoms with Crippen LogP contribution < -0.4 is 4.90 Å². The van der Waals surface area contributed by atoms with Gasteiger partial charge in [0.25, 0.3) is 0 Å². The quantitative estimate of drug-likeness (QED) is 0.841. The van der Waals surface area contributed by atoms with E-state index in [4.69, 9.17) is 5.26 Å². The van der Waals surface area contributed by atoms with Gasteiger partial charge < -0.3 is 4.90 Å². The molecule has 1 aromatic rings. The molecular weight excluding hydrogens is 329 g/mol. The summed E-state index contributed by atoms with van der Waals surface area (Å²) in [5, 5.41) is 8.93. The van der Waals surface area contributed by atoms with E-state index in [-0.39, 0.29) is 23.5 Å². The number of rotatable bonds is 4. The average Bonchev–Trinajstić information content (AvgIpc) is 2.88. The van der Waals surface area contributed by atoms with Crippen LogP contribution >= 0.6 is 0 Å². The first-order chi connectivity index (χ1) is 10.6. The van der Waals surface area contributed by atoms with Crippen molar-refractivity contribution in [1.29, 1.82) is 5.26 Å². The molecule has 1 heterocycles. The van der Waals surface area contributed by atoms with Crippen LogP contribution in [-0.4, -0.2) is 32.5 Å². The Kier molecular flexibility index (Phi) is 4.62. The van der Waals surface area contributed by atoms with Crippen molar-refractivity contribution >= 4 is 15.5 Å². The molecule has 1 atom stereocenters. The third-order valence-corrected chi connectivity index (χ3v) is 5.94. The van der Waals surface area contributed by atoms with Crippen molar-refractivity contribution in [1.82, 2.24) is 0 Å². The van der Waals surface area contributed by atoms with Crippen molar-refractivity contribution in [3.8, 4) is 6.07 Å². The lowest BCUT2D eigenvalue weighted by Gasteiger charge is -2.27. The molecule has 0 unspecified atom stereocenters. The van der Waals surface area contributed by atoms with Crippen molar-refractivity contribution in [2.75, 3.05) is 23.0 Å². The maximum atomic E-state index is 13.3. The van der Waals surface area contributed by atoms with Crippen LogP contribution in [0.25, 0.3) is 0 Å². The van der Waals surface area contributed by atoms with Gasteiger partial charge in [-0.05, 0) is 31.0 Å². The van der Waals surface area contributed by atoms with E-state index in [1.165, 1.54) is 6.07 Å². The summed E-state index contributed by atoms with van der Waals surface area (Å²) in [7, 11) is -3.23. The van der Waals surface area contributed by atoms with Gasteiger partial charge in [0.15, 0.2) is 9.84 Å². The zero-order valence-corrected chi connectivity index (χ0v) is 13.6. The fourth-order valence-corrected chi connectivity index (χ4v) is 4.11. The first kappa shape index (κ1) is 17.6. The molecule has 2 rings (SSSR count). The van der Waals surface area contributed by atoms with E-state index in [2.05, 4.69) is 0 Å². The number of hydrogen-bond donors (Lipinski definition) is 0. The van der Waals surface area contributed by atoms with E-state index in [0.29, 0.717) is 12.2 Å². The minimum Gasteiger partial charge on any atom is -0.367 e. The molecule has 0 aliphatic carbocycles. The van der Waals surface area contributed by atoms with Gasteiger partial charge in [-0.3, -0.25) is 0 Å². The Labute approximate surface area is 133 Å². The topological polar surface area (TPSA) is 61.2 Å². The number of fused-ring (bicyclic) bond motifs is 1. The van der Waals surface area contributed by atoms with Crippen LogP contribution in [-0.2, 0) is 22.4 Å². The number of hydrogen-bond acceptors (Lipinski definition) is 4. The first-order valence-corrected chi connectivity index (χ1v) is 9.03. The number of alkyl halides is 3. The second-order valence-electron chi connectivity index (χ2n) is 5.59. The molecule has 0 N–H and O–H groups in total. The molecule has 4 nitrogen and oxygen atoms in total. The van der Waals surface area contributed by atoms with Crippen molar-refractivity contribution in [2.45, 2.75) is 32.5 Å². The van der Waals surface area contributed by atoms with E-state index in [1.807, 2.05) is 0 Å². The van der Waals surface area contributed by atoms with E-state index < -0.39 is 33.2 Å². The van der Waals surface area contributed by atoms with Crippen molar-refractivity contribution in [2.24, 2.45) is 0 Å². The van der Waals surface area contributed by atoms with Crippen molar-refractivity contribution in [3.05, 3.63) is 28.8 Å². The van der Waals surface area contributed by atoms with Gasteiger partial charge in [0, 0.05) is 24.0 Å². The monoisotopic (exact) mass is 346 g/mol. The Balaban J connectivity index is 2.44. The Hall–Kier alpha value is -1.75. The average molecular weight is 346 g/mol. The highest BCUT2D eigenvalue weighted by molar-refractivity contribution is 7.91. The first-order valence-electron chi connectivity index (χ1n) is 7.21. The van der Waals surface area contributed by atoms with Crippen LogP contribution in [0.3, 0.4) is 0 Å². The summed E-state index contributed by atoms with van der Waals surface area (Å²) in [6, 6.07) is 3.80. The number of nitriles is 1. The van der Waals surface area contributed by atoms with Gasteiger partial charge in [-0.25, -0.2) is 8.42 Å². The number of benzene rings is 1. The van der Waals surface area contributed by atoms with Gasteiger partial charge in [0.1, 0.15) is 0 Å². The SMILES string of the molecule is CCS(=O)(=O)C[C@@H](C)N1CCc2c1ccc(C#N)c2C(F)(F)F. The van der Waals surface area contributed by atoms with Crippen LogP contribution in [0.2, 0.25) is 0 Å². The predicted molar refractivity (Wildman–Crippen MR) is 81.0 cm³/mol. The molecule has 0 spiro atoms. The fraction of sp³-hybridized carbons (Fsp3) is 0.533. The van der Waals surface area contributed by atoms with Crippen LogP contribution in [0.15, 0.2) is 12.1 Å². The summed E-state index contributed by atoms with van der Waals surface area (Å²) in [6.07, 6.45) is -4.46. The molecule has 0 amide bonds. The Bertz CT molecular complexity index is 751. The fourth-order valence-electron chi connectivity index (χ4n) is 2.96. The van der Waals surface area contributed by atoms with Crippen LogP contribution in [0.4, 0.5) is 18.9 Å². The lowest BCUT2D eigenvalue weighted by molar-refractivity contribution is -0.138. The molecule has 23 heavy (non-hydrogen) atoms. The lowest BCUT2D eigenvalue weighted by atomic mass is 9.99. The zero-order chi connectivity index (χ0) is 17.4. The van der Waals surface area contributed by atoms with E-state index in [9.17, 15) is 21.6 Å². The molecule has 0 radical (unpaired) electrons. The molecule has 0 aromatic heterocycles. The maximum absolute atomic E-state index is 13.3. The number of sulfone groups is 1. The summed E-state index contributed by atoms with van der Waals surface area (Å²) in [5.41, 5.74) is -0.843. The van der Waals surface area contributed by atoms with Gasteiger partial charge in [0.2, 0.25) is 0 Å². The summed E-state index contributed by atoms with van der Waals surface area (Å²) < 4.78 is 63.3. The summed E-state index contributed by atoms with van der Waals surface area (Å²) in [5.74, 6) is -0.108. The second kappa shape index (κ2) is 6.04. The van der Waals surface area contributed by atoms with Gasteiger partial charge in [-0.1, -0.05) is 6.92 Å². The molecule has 8 heteroatoms. The van der Waals surface area contributed by atoms with Gasteiger partial charge in [0.05, 0.1) is 22.9 Å². The maximum Gasteiger partial charge on any atom is 0.418 e. The molecule has 126 valence electrons. The van der Waals surface area contributed by atoms with Gasteiger partial charge >= 0.3 is 6.18 Å². The van der Waals surface area contributed by atoms with Crippen molar-refractivity contribution in [3.63, 3.8) is 0 Å². The number of anilines is 1. The number of nitrogens with zero attached hydrogens (tertiary/aromatic N) is 2. The zero-order valence-electron chi connectivity index (χ0n) is 12.8. The van der Waals surface area contributed by atoms with Gasteiger partial charge in [-0.2, -0.15) is 18.4 Å². The van der Waals surface area contributed by atoms with Crippen LogP contribution in [0.1, 0.15) is 30.5 Å². The highest BCUT2D eigenvalue weighted by Gasteiger charge is 2.40. The normalized spacial score (nSPS) is 16.1. The largest absolute Gasteiger partial charge is 0.418 e. The molecular formula is C15H17F3N2O2S. The third-order valence-electron chi connectivity index (χ3n) is 4.07. The molecule has 0 saturated carbocycles. The number of halogens is 3. The smallest absolute Gasteiger partial charge is 0.367 e. The Morgan fingerprint density at radius 2 is 2.04 bits per heavy atom. The van der Waals surface area contributed by atoms with Gasteiger partial charge in [-0.15, -0.1) is 0 Å². The summed E-state index contributed by atoms with van der Waals surface area (Å²) in [6.45, 7) is 3.54. The molecule has 1 aliphatic rings. The molecule has 0 saturated heterocycles. The standard InChI is InChI=1S/C15H17F3N2O2S/c1-3-23(21,22)9-10(2)20-7-6-12-13(20)5-4-11(8-19)14(12)15(16,17)18/h4-5,10H,3,6-7,9H2,1-2H3/t10-/m1/s1. The summed E-state index contributed by atoms with van der Waals surface area (Å²) in [4.78, 5) is 1.68.